The molecule has 21 heavy (non-hydrogen) atoms. The normalized spacial score (nSPS) is 12.2. The van der Waals surface area contributed by atoms with Crippen LogP contribution >= 0.6 is 35.6 Å². The maximum Gasteiger partial charge on any atom is 0.197 e. The molecule has 0 saturated heterocycles. The highest BCUT2D eigenvalue weighted by Gasteiger charge is 2.23. The molecule has 1 heterocycles. The summed E-state index contributed by atoms with van der Waals surface area (Å²) >= 11 is 11.9. The number of halogens is 1. The number of benzene rings is 1. The highest BCUT2D eigenvalue weighted by Crippen LogP contribution is 2.35. The number of hydrazine groups is 1. The second-order valence-corrected chi connectivity index (χ2v) is 6.66. The molecule has 7 heteroatoms. The smallest absolute Gasteiger partial charge is 0.197 e. The maximum absolute atomic E-state index is 12.8. The van der Waals surface area contributed by atoms with Gasteiger partial charge in [0.15, 0.2) is 5.78 Å². The van der Waals surface area contributed by atoms with Crippen molar-refractivity contribution < 1.29 is 4.79 Å². The van der Waals surface area contributed by atoms with E-state index < -0.39 is 5.50 Å². The molecule has 0 spiro atoms. The molecule has 0 aliphatic rings. The molecule has 0 aliphatic carbocycles. The number of aryl methyl sites for hydroxylation is 1. The van der Waals surface area contributed by atoms with Crippen molar-refractivity contribution in [2.75, 3.05) is 5.32 Å². The summed E-state index contributed by atoms with van der Waals surface area (Å²) in [6, 6.07) is 7.02. The standard InChI is InChI=1S/C14H16ClN3OS2/c1-7-8(2)21-13(17-14(20)18-16)11(7)12(19)9-5-3-4-6-10(9)15/h3-6,14,17-18,20H,16H2,1-2H3. The summed E-state index contributed by atoms with van der Waals surface area (Å²) < 4.78 is 0. The van der Waals surface area contributed by atoms with E-state index in [1.54, 1.807) is 24.3 Å². The number of rotatable bonds is 5. The van der Waals surface area contributed by atoms with Crippen LogP contribution in [0, 0.1) is 13.8 Å². The zero-order chi connectivity index (χ0) is 15.6. The maximum atomic E-state index is 12.8. The number of nitrogens with one attached hydrogen (secondary N) is 2. The molecule has 2 rings (SSSR count). The third-order valence-corrected chi connectivity index (χ3v) is 4.90. The Hall–Kier alpha value is -1.05. The number of nitrogens with two attached hydrogens (primary N) is 1. The number of thiol groups is 1. The molecule has 4 nitrogen and oxygen atoms in total. The van der Waals surface area contributed by atoms with E-state index in [4.69, 9.17) is 17.4 Å². The lowest BCUT2D eigenvalue weighted by Gasteiger charge is -2.13. The highest BCUT2D eigenvalue weighted by molar-refractivity contribution is 7.81. The van der Waals surface area contributed by atoms with E-state index in [0.29, 0.717) is 16.1 Å². The first kappa shape index (κ1) is 16.3. The SMILES string of the molecule is Cc1sc(NC(S)NN)c(C(=O)c2ccccc2Cl)c1C. The van der Waals surface area contributed by atoms with E-state index in [0.717, 1.165) is 15.4 Å². The lowest BCUT2D eigenvalue weighted by molar-refractivity contribution is 0.103. The van der Waals surface area contributed by atoms with Crippen molar-refractivity contribution in [3.8, 4) is 0 Å². The van der Waals surface area contributed by atoms with Crippen molar-refractivity contribution in [3.63, 3.8) is 0 Å². The molecule has 2 aromatic rings. The largest absolute Gasteiger partial charge is 0.352 e. The minimum absolute atomic E-state index is 0.109. The van der Waals surface area contributed by atoms with Gasteiger partial charge in [-0.15, -0.1) is 24.0 Å². The summed E-state index contributed by atoms with van der Waals surface area (Å²) in [7, 11) is 0. The molecule has 1 atom stereocenters. The van der Waals surface area contributed by atoms with E-state index in [-0.39, 0.29) is 5.78 Å². The lowest BCUT2D eigenvalue weighted by Crippen LogP contribution is -2.36. The number of carbonyl (C=O) groups excluding carboxylic acids is 1. The van der Waals surface area contributed by atoms with E-state index in [1.807, 2.05) is 13.8 Å². The van der Waals surface area contributed by atoms with Gasteiger partial charge < -0.3 is 5.32 Å². The average molecular weight is 342 g/mol. The number of ketones is 1. The zero-order valence-corrected chi connectivity index (χ0v) is 14.1. The molecular weight excluding hydrogens is 326 g/mol. The monoisotopic (exact) mass is 341 g/mol. The topological polar surface area (TPSA) is 67.2 Å². The average Bonchev–Trinajstić information content (AvgIpc) is 2.73. The van der Waals surface area contributed by atoms with Crippen molar-refractivity contribution in [2.24, 2.45) is 5.84 Å². The van der Waals surface area contributed by atoms with Crippen molar-refractivity contribution in [3.05, 3.63) is 50.9 Å². The van der Waals surface area contributed by atoms with E-state index in [1.165, 1.54) is 11.3 Å². The second-order valence-electron chi connectivity index (χ2n) is 4.51. The van der Waals surface area contributed by atoms with Gasteiger partial charge in [-0.25, -0.2) is 5.43 Å². The van der Waals surface area contributed by atoms with Crippen molar-refractivity contribution >= 4 is 46.4 Å². The van der Waals surface area contributed by atoms with Crippen LogP contribution in [0.4, 0.5) is 5.00 Å². The van der Waals surface area contributed by atoms with Gasteiger partial charge in [0, 0.05) is 10.4 Å². The van der Waals surface area contributed by atoms with Gasteiger partial charge >= 0.3 is 0 Å². The fraction of sp³-hybridized carbons (Fsp3) is 0.214. The molecule has 4 N–H and O–H groups in total. The molecular formula is C14H16ClN3OS2. The Bertz CT molecular complexity index is 672. The molecule has 112 valence electrons. The van der Waals surface area contributed by atoms with Crippen molar-refractivity contribution in [2.45, 2.75) is 19.3 Å². The van der Waals surface area contributed by atoms with Crippen molar-refractivity contribution in [1.29, 1.82) is 0 Å². The minimum atomic E-state index is -0.444. The molecule has 0 fully saturated rings. The van der Waals surface area contributed by atoms with Crippen LogP contribution in [0.25, 0.3) is 0 Å². The molecule has 0 radical (unpaired) electrons. The van der Waals surface area contributed by atoms with Crippen LogP contribution in [0.1, 0.15) is 26.4 Å². The van der Waals surface area contributed by atoms with Crippen LogP contribution in [0.3, 0.4) is 0 Å². The Morgan fingerprint density at radius 1 is 1.38 bits per heavy atom. The Morgan fingerprint density at radius 2 is 2.05 bits per heavy atom. The van der Waals surface area contributed by atoms with E-state index >= 15 is 0 Å². The second kappa shape index (κ2) is 6.81. The quantitative estimate of drug-likeness (QED) is 0.221. The summed E-state index contributed by atoms with van der Waals surface area (Å²) in [5.74, 6) is 5.23. The first-order chi connectivity index (χ1) is 9.95. The number of thiophene rings is 1. The van der Waals surface area contributed by atoms with Crippen molar-refractivity contribution in [1.82, 2.24) is 5.43 Å². The van der Waals surface area contributed by atoms with E-state index in [9.17, 15) is 4.79 Å². The number of hydrogen-bond acceptors (Lipinski definition) is 6. The van der Waals surface area contributed by atoms with E-state index in [2.05, 4.69) is 23.4 Å². The highest BCUT2D eigenvalue weighted by atomic mass is 35.5. The Balaban J connectivity index is 2.48. The predicted molar refractivity (Wildman–Crippen MR) is 92.4 cm³/mol. The number of hydrogen-bond donors (Lipinski definition) is 4. The first-order valence-electron chi connectivity index (χ1n) is 6.25. The third-order valence-electron chi connectivity index (χ3n) is 3.16. The lowest BCUT2D eigenvalue weighted by atomic mass is 10.0. The van der Waals surface area contributed by atoms with Crippen LogP contribution < -0.4 is 16.6 Å². The van der Waals surface area contributed by atoms with Gasteiger partial charge in [0.1, 0.15) is 10.5 Å². The Morgan fingerprint density at radius 3 is 2.67 bits per heavy atom. The van der Waals surface area contributed by atoms with Gasteiger partial charge in [-0.1, -0.05) is 23.7 Å². The molecule has 1 aromatic heterocycles. The summed E-state index contributed by atoms with van der Waals surface area (Å²) in [5.41, 5.74) is 4.07. The zero-order valence-electron chi connectivity index (χ0n) is 11.6. The number of carbonyl (C=O) groups is 1. The predicted octanol–water partition coefficient (Wildman–Crippen LogP) is 3.34. The Kier molecular flexibility index (Phi) is 5.29. The first-order valence-corrected chi connectivity index (χ1v) is 7.96. The molecule has 1 aromatic carbocycles. The van der Waals surface area contributed by atoms with Gasteiger partial charge in [0.2, 0.25) is 0 Å². The minimum Gasteiger partial charge on any atom is -0.352 e. The summed E-state index contributed by atoms with van der Waals surface area (Å²) in [5, 5.41) is 4.24. The van der Waals surface area contributed by atoms with Gasteiger partial charge in [-0.3, -0.25) is 10.6 Å². The molecule has 0 bridgehead atoms. The molecule has 0 saturated carbocycles. The fourth-order valence-electron chi connectivity index (χ4n) is 1.95. The summed E-state index contributed by atoms with van der Waals surface area (Å²) in [4.78, 5) is 13.9. The van der Waals surface area contributed by atoms with Gasteiger partial charge in [-0.05, 0) is 31.5 Å². The van der Waals surface area contributed by atoms with Gasteiger partial charge in [0.25, 0.3) is 0 Å². The molecule has 0 amide bonds. The molecule has 0 aliphatic heterocycles. The Labute approximate surface area is 138 Å². The van der Waals surface area contributed by atoms with Crippen LogP contribution in [0.15, 0.2) is 24.3 Å². The van der Waals surface area contributed by atoms with Crippen LogP contribution in [0.5, 0.6) is 0 Å². The fourth-order valence-corrected chi connectivity index (χ4v) is 3.47. The number of anilines is 1. The summed E-state index contributed by atoms with van der Waals surface area (Å²) in [6.45, 7) is 3.89. The van der Waals surface area contributed by atoms with Gasteiger partial charge in [0.05, 0.1) is 10.6 Å². The summed E-state index contributed by atoms with van der Waals surface area (Å²) in [6.07, 6.45) is 0. The van der Waals surface area contributed by atoms with Crippen LogP contribution in [-0.2, 0) is 0 Å². The molecule has 1 unspecified atom stereocenters. The van der Waals surface area contributed by atoms with Crippen LogP contribution in [0.2, 0.25) is 5.02 Å². The van der Waals surface area contributed by atoms with Crippen LogP contribution in [-0.4, -0.2) is 11.3 Å². The third kappa shape index (κ3) is 3.41. The van der Waals surface area contributed by atoms with Gasteiger partial charge in [-0.2, -0.15) is 0 Å².